The molecule has 2 nitrogen and oxygen atoms in total. The summed E-state index contributed by atoms with van der Waals surface area (Å²) in [6.45, 7) is -1.56. The number of rotatable bonds is 2. The summed E-state index contributed by atoms with van der Waals surface area (Å²) >= 11 is 0.0715. The highest BCUT2D eigenvalue weighted by molar-refractivity contribution is 7.09. The van der Waals surface area contributed by atoms with Crippen LogP contribution < -0.4 is 0 Å². The minimum atomic E-state index is -4.73. The van der Waals surface area contributed by atoms with Crippen molar-refractivity contribution in [1.82, 2.24) is 4.98 Å². The molecule has 1 aromatic heterocycles. The van der Waals surface area contributed by atoms with Crippen molar-refractivity contribution < 1.29 is 27.1 Å². The Bertz CT molecular complexity index is 320. The van der Waals surface area contributed by atoms with Crippen molar-refractivity contribution in [2.75, 3.05) is 6.61 Å². The van der Waals surface area contributed by atoms with E-state index in [1.54, 1.807) is 0 Å². The summed E-state index contributed by atoms with van der Waals surface area (Å²) in [5.41, 5.74) is -1.06. The average molecular weight is 233 g/mol. The third-order valence-electron chi connectivity index (χ3n) is 1.32. The van der Waals surface area contributed by atoms with Gasteiger partial charge in [-0.2, -0.15) is 22.0 Å². The van der Waals surface area contributed by atoms with Crippen molar-refractivity contribution in [2.45, 2.75) is 12.1 Å². The number of aliphatic hydroxyl groups is 1. The first-order chi connectivity index (χ1) is 6.27. The second-order valence-corrected chi connectivity index (χ2v) is 3.26. The van der Waals surface area contributed by atoms with Crippen LogP contribution in [0.1, 0.15) is 10.7 Å². The van der Waals surface area contributed by atoms with Crippen LogP contribution in [0, 0.1) is 0 Å². The molecule has 0 aliphatic rings. The number of aromatic nitrogens is 1. The van der Waals surface area contributed by atoms with E-state index in [0.29, 0.717) is 5.38 Å². The van der Waals surface area contributed by atoms with Gasteiger partial charge in [0.05, 0.1) is 0 Å². The minimum Gasteiger partial charge on any atom is -0.390 e. The molecule has 0 unspecified atom stereocenters. The van der Waals surface area contributed by atoms with Crippen molar-refractivity contribution in [1.29, 1.82) is 0 Å². The maximum Gasteiger partial charge on any atom is 0.443 e. The zero-order chi connectivity index (χ0) is 11.0. The van der Waals surface area contributed by atoms with Crippen LogP contribution in [0.25, 0.3) is 0 Å². The summed E-state index contributed by atoms with van der Waals surface area (Å²) < 4.78 is 61.0. The van der Waals surface area contributed by atoms with Gasteiger partial charge in [-0.15, -0.1) is 11.3 Å². The monoisotopic (exact) mass is 233 g/mol. The fourth-order valence-electron chi connectivity index (χ4n) is 0.653. The number of nitrogens with zero attached hydrogens (tertiary/aromatic N) is 1. The van der Waals surface area contributed by atoms with Crippen LogP contribution in [0.5, 0.6) is 0 Å². The minimum absolute atomic E-state index is 0.0715. The summed E-state index contributed by atoms with van der Waals surface area (Å²) in [5.74, 6) is -3.72. The highest BCUT2D eigenvalue weighted by Gasteiger charge is 2.39. The van der Waals surface area contributed by atoms with E-state index in [4.69, 9.17) is 5.11 Å². The second kappa shape index (κ2) is 3.43. The molecule has 1 heterocycles. The van der Waals surface area contributed by atoms with E-state index in [0.717, 1.165) is 0 Å². The topological polar surface area (TPSA) is 33.1 Å². The molecule has 0 aromatic carbocycles. The van der Waals surface area contributed by atoms with Gasteiger partial charge in [-0.3, -0.25) is 0 Å². The Kier molecular flexibility index (Phi) is 2.77. The maximum absolute atomic E-state index is 12.6. The Morgan fingerprint density at radius 1 is 1.29 bits per heavy atom. The summed E-state index contributed by atoms with van der Waals surface area (Å²) in [6, 6.07) is 0. The number of hydrogen-bond acceptors (Lipinski definition) is 3. The highest BCUT2D eigenvalue weighted by Crippen LogP contribution is 2.35. The smallest absolute Gasteiger partial charge is 0.390 e. The standard InChI is InChI=1S/C6H4F5NOS/c7-5(8,2-13)3-1-14-4(12-3)6(9,10)11/h1,13H,2H2. The summed E-state index contributed by atoms with van der Waals surface area (Å²) in [7, 11) is 0. The van der Waals surface area contributed by atoms with E-state index in [9.17, 15) is 22.0 Å². The molecule has 1 rings (SSSR count). The van der Waals surface area contributed by atoms with E-state index in [-0.39, 0.29) is 11.3 Å². The molecular formula is C6H4F5NOS. The van der Waals surface area contributed by atoms with Gasteiger partial charge in [-0.25, -0.2) is 4.98 Å². The lowest BCUT2D eigenvalue weighted by atomic mass is 10.3. The second-order valence-electron chi connectivity index (χ2n) is 2.40. The molecule has 0 aliphatic carbocycles. The highest BCUT2D eigenvalue weighted by atomic mass is 32.1. The summed E-state index contributed by atoms with van der Waals surface area (Å²) in [4.78, 5) is 2.71. The van der Waals surface area contributed by atoms with Gasteiger partial charge in [-0.05, 0) is 0 Å². The molecule has 0 aliphatic heterocycles. The van der Waals surface area contributed by atoms with Crippen molar-refractivity contribution in [3.8, 4) is 0 Å². The van der Waals surface area contributed by atoms with Crippen LogP contribution in [0.3, 0.4) is 0 Å². The van der Waals surface area contributed by atoms with Gasteiger partial charge in [-0.1, -0.05) is 0 Å². The van der Waals surface area contributed by atoms with Gasteiger partial charge in [0.15, 0.2) is 5.01 Å². The van der Waals surface area contributed by atoms with Crippen LogP contribution in [0.4, 0.5) is 22.0 Å². The van der Waals surface area contributed by atoms with Gasteiger partial charge in [0, 0.05) is 5.38 Å². The average Bonchev–Trinajstić information content (AvgIpc) is 2.51. The third kappa shape index (κ3) is 2.18. The largest absolute Gasteiger partial charge is 0.443 e. The molecule has 14 heavy (non-hydrogen) atoms. The molecule has 80 valence electrons. The lowest BCUT2D eigenvalue weighted by molar-refractivity contribution is -0.138. The van der Waals surface area contributed by atoms with Crippen LogP contribution in [-0.2, 0) is 12.1 Å². The summed E-state index contributed by atoms with van der Waals surface area (Å²) in [6.07, 6.45) is -4.73. The molecule has 0 bridgehead atoms. The first-order valence-corrected chi connectivity index (χ1v) is 4.17. The SMILES string of the molecule is OCC(F)(F)c1csc(C(F)(F)F)n1. The molecule has 0 radical (unpaired) electrons. The lowest BCUT2D eigenvalue weighted by Crippen LogP contribution is -2.19. The van der Waals surface area contributed by atoms with Gasteiger partial charge in [0.2, 0.25) is 0 Å². The van der Waals surface area contributed by atoms with Gasteiger partial charge < -0.3 is 5.11 Å². The zero-order valence-electron chi connectivity index (χ0n) is 6.48. The Balaban J connectivity index is 3.00. The maximum atomic E-state index is 12.6. The molecular weight excluding hydrogens is 229 g/mol. The van der Waals surface area contributed by atoms with Crippen LogP contribution >= 0.6 is 11.3 Å². The first kappa shape index (κ1) is 11.3. The zero-order valence-corrected chi connectivity index (χ0v) is 7.29. The third-order valence-corrected chi connectivity index (χ3v) is 2.21. The van der Waals surface area contributed by atoms with E-state index < -0.39 is 29.4 Å². The Morgan fingerprint density at radius 2 is 1.86 bits per heavy atom. The van der Waals surface area contributed by atoms with Crippen LogP contribution in [0.2, 0.25) is 0 Å². The van der Waals surface area contributed by atoms with Crippen molar-refractivity contribution in [3.63, 3.8) is 0 Å². The molecule has 0 saturated heterocycles. The fraction of sp³-hybridized carbons (Fsp3) is 0.500. The number of alkyl halides is 5. The molecule has 0 saturated carbocycles. The molecule has 0 amide bonds. The normalized spacial score (nSPS) is 13.3. The lowest BCUT2D eigenvalue weighted by Gasteiger charge is -2.09. The number of aliphatic hydroxyl groups excluding tert-OH is 1. The fourth-order valence-corrected chi connectivity index (χ4v) is 1.39. The van der Waals surface area contributed by atoms with Crippen molar-refractivity contribution >= 4 is 11.3 Å². The van der Waals surface area contributed by atoms with Crippen molar-refractivity contribution in [3.05, 3.63) is 16.1 Å². The summed E-state index contributed by atoms with van der Waals surface area (Å²) in [5, 5.41) is 7.43. The van der Waals surface area contributed by atoms with Gasteiger partial charge in [0.1, 0.15) is 12.3 Å². The van der Waals surface area contributed by atoms with Crippen LogP contribution in [0.15, 0.2) is 5.38 Å². The number of hydrogen-bond donors (Lipinski definition) is 1. The molecule has 0 fully saturated rings. The predicted octanol–water partition coefficient (Wildman–Crippen LogP) is 2.25. The Labute approximate surface area is 79.0 Å². The molecule has 0 atom stereocenters. The van der Waals surface area contributed by atoms with E-state index in [1.165, 1.54) is 0 Å². The van der Waals surface area contributed by atoms with E-state index in [1.807, 2.05) is 0 Å². The quantitative estimate of drug-likeness (QED) is 0.794. The number of thiazole rings is 1. The van der Waals surface area contributed by atoms with E-state index in [2.05, 4.69) is 4.98 Å². The molecule has 1 N–H and O–H groups in total. The molecule has 8 heteroatoms. The molecule has 0 spiro atoms. The predicted molar refractivity (Wildman–Crippen MR) is 38.1 cm³/mol. The van der Waals surface area contributed by atoms with Crippen molar-refractivity contribution in [2.24, 2.45) is 0 Å². The number of halogens is 5. The first-order valence-electron chi connectivity index (χ1n) is 3.29. The molecule has 1 aromatic rings. The van der Waals surface area contributed by atoms with Gasteiger partial charge >= 0.3 is 12.1 Å². The Morgan fingerprint density at radius 3 is 2.21 bits per heavy atom. The van der Waals surface area contributed by atoms with Gasteiger partial charge in [0.25, 0.3) is 0 Å². The van der Waals surface area contributed by atoms with Crippen LogP contribution in [-0.4, -0.2) is 16.7 Å². The van der Waals surface area contributed by atoms with E-state index >= 15 is 0 Å². The Hall–Kier alpha value is -0.760.